The summed E-state index contributed by atoms with van der Waals surface area (Å²) in [4.78, 5) is 36.9. The van der Waals surface area contributed by atoms with Gasteiger partial charge in [0.05, 0.1) is 18.6 Å². The number of imide groups is 1. The third kappa shape index (κ3) is 3.57. The Hall–Kier alpha value is -2.64. The van der Waals surface area contributed by atoms with Crippen molar-refractivity contribution in [3.8, 4) is 5.75 Å². The molecule has 1 fully saturated rings. The summed E-state index contributed by atoms with van der Waals surface area (Å²) in [5.41, 5.74) is -0.575. The number of nitrogens with zero attached hydrogens (tertiary/aromatic N) is 2. The highest BCUT2D eigenvalue weighted by atomic mass is 16.6. The second-order valence-electron chi connectivity index (χ2n) is 6.16. The van der Waals surface area contributed by atoms with Crippen LogP contribution in [-0.4, -0.2) is 34.4 Å². The van der Waals surface area contributed by atoms with Crippen LogP contribution in [0.1, 0.15) is 45.1 Å². The number of nitro groups is 1. The van der Waals surface area contributed by atoms with Crippen LogP contribution >= 0.6 is 0 Å². The molecule has 1 heterocycles. The highest BCUT2D eigenvalue weighted by Crippen LogP contribution is 2.31. The Morgan fingerprint density at radius 1 is 1.24 bits per heavy atom. The van der Waals surface area contributed by atoms with Gasteiger partial charge in [0.2, 0.25) is 0 Å². The number of hydrogen-bond donors (Lipinski definition) is 1. The van der Waals surface area contributed by atoms with Crippen molar-refractivity contribution in [3.05, 3.63) is 33.9 Å². The largest absolute Gasteiger partial charge is 0.496 e. The maximum Gasteiger partial charge on any atom is 0.325 e. The minimum atomic E-state index is -0.880. The molecule has 3 amide bonds. The predicted molar refractivity (Wildman–Crippen MR) is 91.3 cm³/mol. The van der Waals surface area contributed by atoms with E-state index in [9.17, 15) is 19.7 Å². The molecule has 1 aliphatic heterocycles. The number of rotatable bonds is 8. The molecular weight excluding hydrogens is 326 g/mol. The van der Waals surface area contributed by atoms with Gasteiger partial charge in [-0.05, 0) is 18.9 Å². The second kappa shape index (κ2) is 7.50. The maximum atomic E-state index is 12.9. The van der Waals surface area contributed by atoms with Gasteiger partial charge >= 0.3 is 6.03 Å². The van der Waals surface area contributed by atoms with E-state index in [-0.39, 0.29) is 18.1 Å². The smallest absolute Gasteiger partial charge is 0.325 e. The van der Waals surface area contributed by atoms with Crippen molar-refractivity contribution in [2.75, 3.05) is 7.11 Å². The molecule has 2 rings (SSSR count). The van der Waals surface area contributed by atoms with E-state index >= 15 is 0 Å². The average Bonchev–Trinajstić information content (AvgIpc) is 2.80. The first kappa shape index (κ1) is 18.7. The van der Waals surface area contributed by atoms with Crippen LogP contribution in [0.2, 0.25) is 0 Å². The molecule has 25 heavy (non-hydrogen) atoms. The number of ether oxygens (including phenoxy) is 1. The van der Waals surface area contributed by atoms with Crippen molar-refractivity contribution < 1.29 is 19.2 Å². The highest BCUT2D eigenvalue weighted by molar-refractivity contribution is 6.07. The van der Waals surface area contributed by atoms with Gasteiger partial charge in [0.1, 0.15) is 11.3 Å². The van der Waals surface area contributed by atoms with Gasteiger partial charge in [-0.15, -0.1) is 0 Å². The summed E-state index contributed by atoms with van der Waals surface area (Å²) < 4.78 is 5.22. The van der Waals surface area contributed by atoms with Crippen molar-refractivity contribution >= 4 is 17.6 Å². The summed E-state index contributed by atoms with van der Waals surface area (Å²) in [5.74, 6) is 0.115. The molecule has 1 saturated heterocycles. The minimum absolute atomic E-state index is 0.0648. The van der Waals surface area contributed by atoms with E-state index in [2.05, 4.69) is 5.32 Å². The molecule has 1 aliphatic rings. The number of carbonyl (C=O) groups is 2. The molecule has 8 heteroatoms. The number of methoxy groups -OCH3 is 1. The zero-order chi connectivity index (χ0) is 18.6. The SMILES string of the molecule is CCCC1(CCC)NC(=O)N(Cc2cc([N+](=O)[O-])ccc2OC)C1=O. The van der Waals surface area contributed by atoms with Crippen molar-refractivity contribution in [1.82, 2.24) is 10.2 Å². The lowest BCUT2D eigenvalue weighted by Gasteiger charge is -2.25. The second-order valence-corrected chi connectivity index (χ2v) is 6.16. The van der Waals surface area contributed by atoms with Gasteiger partial charge in [0.25, 0.3) is 11.6 Å². The van der Waals surface area contributed by atoms with Crippen molar-refractivity contribution in [3.63, 3.8) is 0 Å². The maximum absolute atomic E-state index is 12.9. The first-order chi connectivity index (χ1) is 11.9. The van der Waals surface area contributed by atoms with Crippen LogP contribution in [-0.2, 0) is 11.3 Å². The quantitative estimate of drug-likeness (QED) is 0.441. The number of urea groups is 1. The third-order valence-electron chi connectivity index (χ3n) is 4.40. The topological polar surface area (TPSA) is 102 Å². The summed E-state index contributed by atoms with van der Waals surface area (Å²) in [6, 6.07) is 3.66. The monoisotopic (exact) mass is 349 g/mol. The molecule has 0 atom stereocenters. The molecule has 0 unspecified atom stereocenters. The number of amides is 3. The first-order valence-electron chi connectivity index (χ1n) is 8.34. The van der Waals surface area contributed by atoms with E-state index in [0.29, 0.717) is 24.2 Å². The van der Waals surface area contributed by atoms with E-state index in [1.165, 1.54) is 25.3 Å². The molecule has 0 aromatic heterocycles. The number of nitrogens with one attached hydrogen (secondary N) is 1. The van der Waals surface area contributed by atoms with Gasteiger partial charge in [-0.2, -0.15) is 0 Å². The lowest BCUT2D eigenvalue weighted by molar-refractivity contribution is -0.384. The van der Waals surface area contributed by atoms with E-state index in [0.717, 1.165) is 17.7 Å². The van der Waals surface area contributed by atoms with Gasteiger partial charge in [0, 0.05) is 17.7 Å². The van der Waals surface area contributed by atoms with Crippen molar-refractivity contribution in [1.29, 1.82) is 0 Å². The lowest BCUT2D eigenvalue weighted by atomic mass is 9.88. The van der Waals surface area contributed by atoms with Crippen LogP contribution in [0, 0.1) is 10.1 Å². The number of non-ortho nitro benzene ring substituents is 1. The first-order valence-corrected chi connectivity index (χ1v) is 8.34. The molecule has 1 aromatic carbocycles. The molecule has 0 spiro atoms. The van der Waals surface area contributed by atoms with E-state index in [1.54, 1.807) is 0 Å². The Balaban J connectivity index is 2.34. The van der Waals surface area contributed by atoms with Gasteiger partial charge < -0.3 is 10.1 Å². The fourth-order valence-electron chi connectivity index (χ4n) is 3.31. The summed E-state index contributed by atoms with van der Waals surface area (Å²) in [6.07, 6.45) is 2.65. The fourth-order valence-corrected chi connectivity index (χ4v) is 3.31. The Morgan fingerprint density at radius 2 is 1.88 bits per heavy atom. The Labute approximate surface area is 146 Å². The van der Waals surface area contributed by atoms with E-state index < -0.39 is 16.5 Å². The molecule has 1 aromatic rings. The lowest BCUT2D eigenvalue weighted by Crippen LogP contribution is -2.46. The highest BCUT2D eigenvalue weighted by Gasteiger charge is 2.49. The Kier molecular flexibility index (Phi) is 5.61. The van der Waals surface area contributed by atoms with Crippen LogP contribution in [0.25, 0.3) is 0 Å². The van der Waals surface area contributed by atoms with Crippen LogP contribution in [0.3, 0.4) is 0 Å². The third-order valence-corrected chi connectivity index (χ3v) is 4.40. The summed E-state index contributed by atoms with van der Waals surface area (Å²) >= 11 is 0. The molecule has 0 radical (unpaired) electrons. The summed E-state index contributed by atoms with van der Waals surface area (Å²) in [5, 5.41) is 13.8. The molecule has 1 N–H and O–H groups in total. The number of carbonyl (C=O) groups excluding carboxylic acids is 2. The summed E-state index contributed by atoms with van der Waals surface area (Å²) in [6.45, 7) is 3.86. The molecule has 8 nitrogen and oxygen atoms in total. The average molecular weight is 349 g/mol. The molecule has 0 bridgehead atoms. The van der Waals surface area contributed by atoms with Crippen molar-refractivity contribution in [2.24, 2.45) is 0 Å². The van der Waals surface area contributed by atoms with Gasteiger partial charge in [-0.25, -0.2) is 4.79 Å². The standard InChI is InChI=1S/C17H23N3O5/c1-4-8-17(9-5-2)15(21)19(16(22)18-17)11-12-10-13(20(23)24)6-7-14(12)25-3/h6-7,10H,4-5,8-9,11H2,1-3H3,(H,18,22). The van der Waals surface area contributed by atoms with E-state index in [4.69, 9.17) is 4.74 Å². The molecule has 0 aliphatic carbocycles. The van der Waals surface area contributed by atoms with Gasteiger partial charge in [-0.3, -0.25) is 19.8 Å². The minimum Gasteiger partial charge on any atom is -0.496 e. The zero-order valence-electron chi connectivity index (χ0n) is 14.7. The van der Waals surface area contributed by atoms with Gasteiger partial charge in [0.15, 0.2) is 0 Å². The number of hydrogen-bond acceptors (Lipinski definition) is 5. The zero-order valence-corrected chi connectivity index (χ0v) is 14.7. The molecular formula is C17H23N3O5. The van der Waals surface area contributed by atoms with Crippen molar-refractivity contribution in [2.45, 2.75) is 51.6 Å². The molecule has 136 valence electrons. The predicted octanol–water partition coefficient (Wildman–Crippen LogP) is 2.99. The summed E-state index contributed by atoms with van der Waals surface area (Å²) in [7, 11) is 1.44. The van der Waals surface area contributed by atoms with Crippen LogP contribution < -0.4 is 10.1 Å². The fraction of sp³-hybridized carbons (Fsp3) is 0.529. The van der Waals surface area contributed by atoms with Gasteiger partial charge in [-0.1, -0.05) is 26.7 Å². The van der Waals surface area contributed by atoms with Crippen LogP contribution in [0.15, 0.2) is 18.2 Å². The Bertz CT molecular complexity index is 683. The van der Waals surface area contributed by atoms with E-state index in [1.807, 2.05) is 13.8 Å². The number of benzene rings is 1. The Morgan fingerprint density at radius 3 is 2.40 bits per heavy atom. The normalized spacial score (nSPS) is 16.0. The number of nitro benzene ring substituents is 1. The van der Waals surface area contributed by atoms with Crippen LogP contribution in [0.5, 0.6) is 5.75 Å². The molecule has 0 saturated carbocycles. The van der Waals surface area contributed by atoms with Crippen LogP contribution in [0.4, 0.5) is 10.5 Å².